The highest BCUT2D eigenvalue weighted by atomic mass is 32.2. The van der Waals surface area contributed by atoms with Crippen molar-refractivity contribution in [3.8, 4) is 0 Å². The molecule has 0 heterocycles. The topological polar surface area (TPSA) is 17.1 Å². The highest BCUT2D eigenvalue weighted by Crippen LogP contribution is 2.42. The minimum atomic E-state index is -0.132. The van der Waals surface area contributed by atoms with Crippen molar-refractivity contribution < 1.29 is 4.79 Å². The zero-order valence-electron chi connectivity index (χ0n) is 14.0. The molecule has 0 N–H and O–H groups in total. The number of rotatable bonds is 7. The number of Topliss-reactive ketones (excluding diaryl/α,β-unsaturated/α-hetero) is 1. The Hall–Kier alpha value is -1.02. The van der Waals surface area contributed by atoms with Crippen molar-refractivity contribution >= 4 is 17.5 Å². The summed E-state index contributed by atoms with van der Waals surface area (Å²) in [5, 5.41) is 0. The van der Waals surface area contributed by atoms with Gasteiger partial charge < -0.3 is 0 Å². The number of carbonyl (C=O) groups is 1. The highest BCUT2D eigenvalue weighted by Gasteiger charge is 2.39. The van der Waals surface area contributed by atoms with Crippen LogP contribution in [0.3, 0.4) is 0 Å². The van der Waals surface area contributed by atoms with E-state index in [-0.39, 0.29) is 4.75 Å². The van der Waals surface area contributed by atoms with E-state index in [4.69, 9.17) is 0 Å². The zero-order valence-corrected chi connectivity index (χ0v) is 14.8. The fourth-order valence-electron chi connectivity index (χ4n) is 3.03. The predicted octanol–water partition coefficient (Wildman–Crippen LogP) is 6.30. The Balaban J connectivity index is 0.00000116. The number of hydrogen-bond donors (Lipinski definition) is 0. The maximum atomic E-state index is 13.0. The number of thioether (sulfide) groups is 1. The van der Waals surface area contributed by atoms with Crippen molar-refractivity contribution in [3.63, 3.8) is 0 Å². The molecule has 1 aliphatic rings. The first kappa shape index (κ1) is 19.0. The third-order valence-corrected chi connectivity index (χ3v) is 5.88. The van der Waals surface area contributed by atoms with E-state index in [0.717, 1.165) is 24.2 Å². The van der Waals surface area contributed by atoms with Gasteiger partial charge in [-0.25, -0.2) is 0 Å². The molecule has 22 heavy (non-hydrogen) atoms. The molecule has 0 atom stereocenters. The standard InChI is InChI=1S/C18H26OS.C2H4/c1-2-3-10-15-20-18(13-8-5-9-14-18)17(19)16-11-6-4-7-12-16;1-2/h4,6-7,11-12H,2-3,5,8-10,13-15H2,1H3;1-2H2. The summed E-state index contributed by atoms with van der Waals surface area (Å²) in [6, 6.07) is 9.90. The number of unbranched alkanes of at least 4 members (excludes halogenated alkanes) is 2. The monoisotopic (exact) mass is 318 g/mol. The van der Waals surface area contributed by atoms with Crippen molar-refractivity contribution in [2.45, 2.75) is 63.0 Å². The molecule has 0 saturated heterocycles. The van der Waals surface area contributed by atoms with E-state index in [1.807, 2.05) is 42.1 Å². The molecule has 2 rings (SSSR count). The van der Waals surface area contributed by atoms with Gasteiger partial charge in [-0.15, -0.1) is 24.9 Å². The van der Waals surface area contributed by atoms with Crippen LogP contribution in [0.15, 0.2) is 43.5 Å². The Kier molecular flexibility index (Phi) is 9.22. The molecule has 0 bridgehead atoms. The van der Waals surface area contributed by atoms with E-state index in [1.54, 1.807) is 0 Å². The van der Waals surface area contributed by atoms with Gasteiger partial charge in [-0.1, -0.05) is 69.4 Å². The summed E-state index contributed by atoms with van der Waals surface area (Å²) in [6.45, 7) is 8.23. The second-order valence-electron chi connectivity index (χ2n) is 5.81. The fourth-order valence-corrected chi connectivity index (χ4v) is 4.60. The van der Waals surface area contributed by atoms with Crippen LogP contribution in [0.4, 0.5) is 0 Å². The quantitative estimate of drug-likeness (QED) is 0.333. The number of benzene rings is 1. The molecule has 0 unspecified atom stereocenters. The molecule has 1 aromatic rings. The smallest absolute Gasteiger partial charge is 0.178 e. The third-order valence-electron chi connectivity index (χ3n) is 4.24. The molecule has 0 spiro atoms. The Morgan fingerprint density at radius 3 is 2.32 bits per heavy atom. The molecule has 1 nitrogen and oxygen atoms in total. The van der Waals surface area contributed by atoms with Crippen molar-refractivity contribution in [3.05, 3.63) is 49.1 Å². The first-order valence-electron chi connectivity index (χ1n) is 8.52. The first-order valence-corrected chi connectivity index (χ1v) is 9.51. The summed E-state index contributed by atoms with van der Waals surface area (Å²) in [7, 11) is 0. The molecular weight excluding hydrogens is 288 g/mol. The van der Waals surface area contributed by atoms with Crippen LogP contribution in [-0.4, -0.2) is 16.3 Å². The summed E-state index contributed by atoms with van der Waals surface area (Å²) in [5.41, 5.74) is 0.900. The Bertz CT molecular complexity index is 421. The number of carbonyl (C=O) groups excluding carboxylic acids is 1. The largest absolute Gasteiger partial charge is 0.293 e. The minimum absolute atomic E-state index is 0.132. The summed E-state index contributed by atoms with van der Waals surface area (Å²) in [6.07, 6.45) is 9.61. The van der Waals surface area contributed by atoms with E-state index >= 15 is 0 Å². The van der Waals surface area contributed by atoms with Gasteiger partial charge in [0.25, 0.3) is 0 Å². The summed E-state index contributed by atoms with van der Waals surface area (Å²) >= 11 is 1.94. The third kappa shape index (κ3) is 5.31. The highest BCUT2D eigenvalue weighted by molar-refractivity contribution is 8.01. The molecule has 1 fully saturated rings. The lowest BCUT2D eigenvalue weighted by Crippen LogP contribution is -2.37. The lowest BCUT2D eigenvalue weighted by Gasteiger charge is -2.35. The summed E-state index contributed by atoms with van der Waals surface area (Å²) in [5.74, 6) is 1.51. The number of hydrogen-bond acceptors (Lipinski definition) is 2. The van der Waals surface area contributed by atoms with Gasteiger partial charge in [0, 0.05) is 5.56 Å². The minimum Gasteiger partial charge on any atom is -0.293 e. The zero-order chi connectivity index (χ0) is 16.3. The number of ketones is 1. The normalized spacial score (nSPS) is 16.4. The van der Waals surface area contributed by atoms with Gasteiger partial charge in [0.15, 0.2) is 5.78 Å². The fraction of sp³-hybridized carbons (Fsp3) is 0.550. The lowest BCUT2D eigenvalue weighted by molar-refractivity contribution is 0.0919. The first-order chi connectivity index (χ1) is 10.8. The SMILES string of the molecule is C=C.CCCCCSC1(C(=O)c2ccccc2)CCCCC1. The average molecular weight is 319 g/mol. The predicted molar refractivity (Wildman–Crippen MR) is 99.8 cm³/mol. The summed E-state index contributed by atoms with van der Waals surface area (Å²) in [4.78, 5) is 13.0. The van der Waals surface area contributed by atoms with Crippen LogP contribution in [0.2, 0.25) is 0 Å². The molecule has 0 radical (unpaired) electrons. The van der Waals surface area contributed by atoms with Gasteiger partial charge in [-0.2, -0.15) is 0 Å². The molecule has 1 aromatic carbocycles. The van der Waals surface area contributed by atoms with E-state index in [2.05, 4.69) is 20.1 Å². The Morgan fingerprint density at radius 2 is 1.73 bits per heavy atom. The average Bonchev–Trinajstić information content (AvgIpc) is 2.61. The van der Waals surface area contributed by atoms with E-state index < -0.39 is 0 Å². The van der Waals surface area contributed by atoms with Crippen LogP contribution in [0.5, 0.6) is 0 Å². The van der Waals surface area contributed by atoms with E-state index in [1.165, 1.54) is 38.5 Å². The van der Waals surface area contributed by atoms with Crippen LogP contribution < -0.4 is 0 Å². The van der Waals surface area contributed by atoms with Crippen LogP contribution >= 0.6 is 11.8 Å². The Morgan fingerprint density at radius 1 is 1.09 bits per heavy atom. The van der Waals surface area contributed by atoms with Crippen molar-refractivity contribution in [1.82, 2.24) is 0 Å². The van der Waals surface area contributed by atoms with Gasteiger partial charge >= 0.3 is 0 Å². The van der Waals surface area contributed by atoms with Crippen molar-refractivity contribution in [2.24, 2.45) is 0 Å². The second kappa shape index (κ2) is 10.7. The van der Waals surface area contributed by atoms with Gasteiger partial charge in [-0.3, -0.25) is 4.79 Å². The van der Waals surface area contributed by atoms with Crippen LogP contribution in [0.25, 0.3) is 0 Å². The molecule has 122 valence electrons. The maximum Gasteiger partial charge on any atom is 0.178 e. The van der Waals surface area contributed by atoms with Gasteiger partial charge in [0.05, 0.1) is 4.75 Å². The van der Waals surface area contributed by atoms with E-state index in [9.17, 15) is 4.79 Å². The van der Waals surface area contributed by atoms with Crippen LogP contribution in [0, 0.1) is 0 Å². The van der Waals surface area contributed by atoms with Crippen molar-refractivity contribution in [2.75, 3.05) is 5.75 Å². The molecule has 1 saturated carbocycles. The maximum absolute atomic E-state index is 13.0. The van der Waals surface area contributed by atoms with Gasteiger partial charge in [0.2, 0.25) is 0 Å². The molecule has 0 aromatic heterocycles. The molecule has 0 aliphatic heterocycles. The second-order valence-corrected chi connectivity index (χ2v) is 7.28. The van der Waals surface area contributed by atoms with Crippen molar-refractivity contribution in [1.29, 1.82) is 0 Å². The molecule has 0 amide bonds. The summed E-state index contributed by atoms with van der Waals surface area (Å²) < 4.78 is -0.132. The Labute approximate surface area is 140 Å². The van der Waals surface area contributed by atoms with Gasteiger partial charge in [0.1, 0.15) is 0 Å². The molecular formula is C20H30OS. The van der Waals surface area contributed by atoms with E-state index in [0.29, 0.717) is 5.78 Å². The van der Waals surface area contributed by atoms with Crippen LogP contribution in [0.1, 0.15) is 68.6 Å². The van der Waals surface area contributed by atoms with Gasteiger partial charge in [-0.05, 0) is 25.0 Å². The molecule has 1 aliphatic carbocycles. The molecule has 2 heteroatoms. The van der Waals surface area contributed by atoms with Crippen LogP contribution in [-0.2, 0) is 0 Å². The lowest BCUT2D eigenvalue weighted by atomic mass is 9.83.